The quantitative estimate of drug-likeness (QED) is 0.749. The van der Waals surface area contributed by atoms with Gasteiger partial charge in [0, 0.05) is 13.0 Å². The van der Waals surface area contributed by atoms with E-state index in [0.717, 1.165) is 5.56 Å². The van der Waals surface area contributed by atoms with E-state index in [1.807, 2.05) is 37.3 Å². The number of benzene rings is 2. The van der Waals surface area contributed by atoms with Gasteiger partial charge in [-0.3, -0.25) is 4.79 Å². The maximum atomic E-state index is 12.3. The number of para-hydroxylation sites is 2. The van der Waals surface area contributed by atoms with Crippen molar-refractivity contribution in [2.45, 2.75) is 25.4 Å². The second-order valence-corrected chi connectivity index (χ2v) is 6.15. The van der Waals surface area contributed by atoms with E-state index < -0.39 is 6.03 Å². The molecule has 6 heteroatoms. The van der Waals surface area contributed by atoms with Gasteiger partial charge < -0.3 is 20.6 Å². The molecule has 1 saturated heterocycles. The van der Waals surface area contributed by atoms with Crippen molar-refractivity contribution in [1.29, 1.82) is 0 Å². The molecule has 130 valence electrons. The van der Waals surface area contributed by atoms with Crippen molar-refractivity contribution in [3.05, 3.63) is 60.2 Å². The van der Waals surface area contributed by atoms with Gasteiger partial charge in [-0.15, -0.1) is 0 Å². The number of urea groups is 1. The average molecular weight is 339 g/mol. The first kappa shape index (κ1) is 16.8. The maximum absolute atomic E-state index is 12.3. The Labute approximate surface area is 146 Å². The highest BCUT2D eigenvalue weighted by Crippen LogP contribution is 2.26. The molecule has 0 saturated carbocycles. The van der Waals surface area contributed by atoms with E-state index >= 15 is 0 Å². The number of hydrogen-bond acceptors (Lipinski definition) is 3. The maximum Gasteiger partial charge on any atom is 0.319 e. The molecule has 2 aromatic rings. The minimum absolute atomic E-state index is 0.000486. The fourth-order valence-corrected chi connectivity index (χ4v) is 3.04. The van der Waals surface area contributed by atoms with E-state index in [2.05, 4.69) is 10.6 Å². The molecule has 1 heterocycles. The zero-order valence-electron chi connectivity index (χ0n) is 14.0. The second kappa shape index (κ2) is 7.25. The van der Waals surface area contributed by atoms with E-state index in [1.165, 1.54) is 6.07 Å². The van der Waals surface area contributed by atoms with Crippen LogP contribution in [0.3, 0.4) is 0 Å². The van der Waals surface area contributed by atoms with E-state index in [-0.39, 0.29) is 30.2 Å². The molecule has 6 nitrogen and oxygen atoms in total. The molecule has 1 fully saturated rings. The molecule has 0 radical (unpaired) electrons. The predicted molar refractivity (Wildman–Crippen MR) is 95.2 cm³/mol. The largest absolute Gasteiger partial charge is 0.506 e. The van der Waals surface area contributed by atoms with Crippen LogP contribution in [0.25, 0.3) is 0 Å². The van der Waals surface area contributed by atoms with E-state index in [1.54, 1.807) is 23.1 Å². The monoisotopic (exact) mass is 339 g/mol. The molecule has 3 N–H and O–H groups in total. The number of aromatic hydroxyl groups is 1. The zero-order valence-corrected chi connectivity index (χ0v) is 14.0. The molecule has 0 bridgehead atoms. The van der Waals surface area contributed by atoms with Crippen LogP contribution in [-0.2, 0) is 4.79 Å². The highest BCUT2D eigenvalue weighted by molar-refractivity contribution is 5.91. The van der Waals surface area contributed by atoms with Gasteiger partial charge in [0.05, 0.1) is 17.8 Å². The third kappa shape index (κ3) is 3.91. The third-order valence-corrected chi connectivity index (χ3v) is 4.40. The van der Waals surface area contributed by atoms with Gasteiger partial charge in [0.15, 0.2) is 0 Å². The number of phenols is 1. The van der Waals surface area contributed by atoms with Crippen molar-refractivity contribution in [3.8, 4) is 5.75 Å². The second-order valence-electron chi connectivity index (χ2n) is 6.15. The number of carbonyl (C=O) groups is 2. The normalized spacial score (nSPS) is 18.0. The summed E-state index contributed by atoms with van der Waals surface area (Å²) in [7, 11) is 0. The van der Waals surface area contributed by atoms with Crippen molar-refractivity contribution in [2.75, 3.05) is 11.9 Å². The molecule has 3 amide bonds. The number of carbonyl (C=O) groups excluding carboxylic acids is 2. The Hall–Kier alpha value is -3.02. The summed E-state index contributed by atoms with van der Waals surface area (Å²) in [5.41, 5.74) is 1.40. The highest BCUT2D eigenvalue weighted by atomic mass is 16.3. The molecule has 0 aromatic heterocycles. The van der Waals surface area contributed by atoms with Crippen LogP contribution in [0, 0.1) is 0 Å². The lowest BCUT2D eigenvalue weighted by molar-refractivity contribution is -0.129. The number of anilines is 1. The number of phenolic OH excluding ortho intramolecular Hbond substituents is 1. The fraction of sp³-hybridized carbons (Fsp3) is 0.263. The van der Waals surface area contributed by atoms with Gasteiger partial charge in [-0.2, -0.15) is 0 Å². The van der Waals surface area contributed by atoms with E-state index in [4.69, 9.17) is 0 Å². The van der Waals surface area contributed by atoms with Gasteiger partial charge in [0.1, 0.15) is 5.75 Å². The molecule has 25 heavy (non-hydrogen) atoms. The van der Waals surface area contributed by atoms with Crippen LogP contribution in [0.1, 0.15) is 24.9 Å². The van der Waals surface area contributed by atoms with E-state index in [0.29, 0.717) is 12.2 Å². The van der Waals surface area contributed by atoms with Crippen LogP contribution in [0.4, 0.5) is 10.5 Å². The molecule has 2 atom stereocenters. The molecule has 1 aliphatic rings. The van der Waals surface area contributed by atoms with Gasteiger partial charge in [-0.1, -0.05) is 42.5 Å². The van der Waals surface area contributed by atoms with Gasteiger partial charge >= 0.3 is 6.03 Å². The zero-order chi connectivity index (χ0) is 17.8. The Balaban J connectivity index is 1.59. The van der Waals surface area contributed by atoms with Crippen molar-refractivity contribution < 1.29 is 14.7 Å². The summed E-state index contributed by atoms with van der Waals surface area (Å²) >= 11 is 0. The third-order valence-electron chi connectivity index (χ3n) is 4.40. The van der Waals surface area contributed by atoms with Crippen LogP contribution in [-0.4, -0.2) is 34.5 Å². The van der Waals surface area contributed by atoms with Gasteiger partial charge in [-0.25, -0.2) is 4.79 Å². The number of nitrogens with zero attached hydrogens (tertiary/aromatic N) is 1. The van der Waals surface area contributed by atoms with Crippen molar-refractivity contribution in [3.63, 3.8) is 0 Å². The number of nitrogens with one attached hydrogen (secondary N) is 2. The first-order valence-corrected chi connectivity index (χ1v) is 8.24. The summed E-state index contributed by atoms with van der Waals surface area (Å²) in [6, 6.07) is 15.6. The molecule has 1 aliphatic heterocycles. The standard InChI is InChI=1S/C19H21N3O3/c1-13(14-7-3-2-4-8-14)22-12-15(11-18(22)24)20-19(25)21-16-9-5-6-10-17(16)23/h2-10,13,15,23H,11-12H2,1H3,(H2,20,21,25). The first-order chi connectivity index (χ1) is 12.0. The molecular formula is C19H21N3O3. The lowest BCUT2D eigenvalue weighted by Crippen LogP contribution is -2.40. The van der Waals surface area contributed by atoms with Crippen LogP contribution < -0.4 is 10.6 Å². The van der Waals surface area contributed by atoms with Crippen molar-refractivity contribution in [1.82, 2.24) is 10.2 Å². The van der Waals surface area contributed by atoms with Gasteiger partial charge in [0.25, 0.3) is 0 Å². The molecular weight excluding hydrogens is 318 g/mol. The topological polar surface area (TPSA) is 81.7 Å². The van der Waals surface area contributed by atoms with Crippen LogP contribution in [0.15, 0.2) is 54.6 Å². The summed E-state index contributed by atoms with van der Waals surface area (Å²) in [6.45, 7) is 2.45. The number of rotatable bonds is 4. The van der Waals surface area contributed by atoms with Crippen molar-refractivity contribution in [2.24, 2.45) is 0 Å². The summed E-state index contributed by atoms with van der Waals surface area (Å²) in [6.07, 6.45) is 0.269. The fourth-order valence-electron chi connectivity index (χ4n) is 3.04. The molecule has 2 aromatic carbocycles. The summed E-state index contributed by atoms with van der Waals surface area (Å²) in [5, 5.41) is 15.1. The minimum atomic E-state index is -0.437. The smallest absolute Gasteiger partial charge is 0.319 e. The Morgan fingerprint density at radius 2 is 1.84 bits per heavy atom. The lowest BCUT2D eigenvalue weighted by Gasteiger charge is -2.25. The number of likely N-dealkylation sites (tertiary alicyclic amines) is 1. The van der Waals surface area contributed by atoms with Crippen LogP contribution in [0.5, 0.6) is 5.75 Å². The first-order valence-electron chi connectivity index (χ1n) is 8.24. The summed E-state index contributed by atoms with van der Waals surface area (Å²) < 4.78 is 0. The van der Waals surface area contributed by atoms with E-state index in [9.17, 15) is 14.7 Å². The molecule has 3 rings (SSSR count). The number of hydrogen-bond donors (Lipinski definition) is 3. The highest BCUT2D eigenvalue weighted by Gasteiger charge is 2.33. The Morgan fingerprint density at radius 1 is 1.16 bits per heavy atom. The number of amides is 3. The SMILES string of the molecule is CC(c1ccccc1)N1CC(NC(=O)Nc2ccccc2O)CC1=O. The Bertz CT molecular complexity index is 764. The van der Waals surface area contributed by atoms with Crippen LogP contribution >= 0.6 is 0 Å². The molecule has 0 aliphatic carbocycles. The van der Waals surface area contributed by atoms with Crippen LogP contribution in [0.2, 0.25) is 0 Å². The van der Waals surface area contributed by atoms with Crippen molar-refractivity contribution >= 4 is 17.6 Å². The van der Waals surface area contributed by atoms with Gasteiger partial charge in [-0.05, 0) is 24.6 Å². The predicted octanol–water partition coefficient (Wildman–Crippen LogP) is 2.88. The average Bonchev–Trinajstić information content (AvgIpc) is 2.97. The Kier molecular flexibility index (Phi) is 4.88. The minimum Gasteiger partial charge on any atom is -0.506 e. The van der Waals surface area contributed by atoms with Gasteiger partial charge in [0.2, 0.25) is 5.91 Å². The summed E-state index contributed by atoms with van der Waals surface area (Å²) in [5.74, 6) is 0.0173. The molecule has 0 spiro atoms. The molecule has 2 unspecified atom stereocenters. The summed E-state index contributed by atoms with van der Waals surface area (Å²) in [4.78, 5) is 26.2. The lowest BCUT2D eigenvalue weighted by atomic mass is 10.1. The Morgan fingerprint density at radius 3 is 2.56 bits per heavy atom.